The third kappa shape index (κ3) is 6.24. The van der Waals surface area contributed by atoms with Gasteiger partial charge < -0.3 is 5.32 Å². The van der Waals surface area contributed by atoms with Crippen LogP contribution >= 0.6 is 0 Å². The molecule has 0 heterocycles. The Labute approximate surface area is 141 Å². The van der Waals surface area contributed by atoms with Gasteiger partial charge in [0.25, 0.3) is 0 Å². The normalized spacial score (nSPS) is 22.4. The van der Waals surface area contributed by atoms with Crippen molar-refractivity contribution in [3.8, 4) is 0 Å². The van der Waals surface area contributed by atoms with E-state index in [9.17, 15) is 8.42 Å². The van der Waals surface area contributed by atoms with Gasteiger partial charge in [-0.15, -0.1) is 0 Å². The minimum absolute atomic E-state index is 0.0402. The Hall–Kier alpha value is -0.910. The molecule has 2 rings (SSSR count). The molecule has 1 fully saturated rings. The standard InChI is InChI=1S/C18H30N2O2S/c1-14(2)20-23(21,22)13-17-10-8-16(9-11-17)12-19-18-7-5-4-6-15(18)3/h8-11,14-15,18-20H,4-7,12-13H2,1-3H3. The second kappa shape index (κ2) is 8.27. The van der Waals surface area contributed by atoms with E-state index in [1.165, 1.54) is 31.2 Å². The predicted octanol–water partition coefficient (Wildman–Crippen LogP) is 3.18. The Balaban J connectivity index is 1.87. The molecule has 1 aliphatic carbocycles. The Kier molecular flexibility index (Phi) is 6.62. The summed E-state index contributed by atoms with van der Waals surface area (Å²) in [7, 11) is -3.25. The van der Waals surface area contributed by atoms with Crippen LogP contribution in [-0.2, 0) is 22.3 Å². The highest BCUT2D eigenvalue weighted by molar-refractivity contribution is 7.88. The third-order valence-corrected chi connectivity index (χ3v) is 6.02. The lowest BCUT2D eigenvalue weighted by atomic mass is 9.86. The zero-order valence-corrected chi connectivity index (χ0v) is 15.3. The van der Waals surface area contributed by atoms with E-state index < -0.39 is 10.0 Å². The lowest BCUT2D eigenvalue weighted by molar-refractivity contribution is 0.279. The molecule has 1 saturated carbocycles. The molecule has 2 N–H and O–H groups in total. The van der Waals surface area contributed by atoms with Crippen LogP contribution in [-0.4, -0.2) is 20.5 Å². The molecule has 0 aliphatic heterocycles. The number of nitrogens with one attached hydrogen (secondary N) is 2. The van der Waals surface area contributed by atoms with E-state index in [1.54, 1.807) is 0 Å². The molecule has 4 nitrogen and oxygen atoms in total. The summed E-state index contributed by atoms with van der Waals surface area (Å²) in [5.41, 5.74) is 2.04. The lowest BCUT2D eigenvalue weighted by Gasteiger charge is -2.29. The van der Waals surface area contributed by atoms with Crippen LogP contribution in [0.15, 0.2) is 24.3 Å². The highest BCUT2D eigenvalue weighted by Gasteiger charge is 2.20. The average Bonchev–Trinajstić information content (AvgIpc) is 2.46. The molecular weight excluding hydrogens is 308 g/mol. The fraction of sp³-hybridized carbons (Fsp3) is 0.667. The molecule has 0 spiro atoms. The fourth-order valence-corrected chi connectivity index (χ4v) is 4.67. The summed E-state index contributed by atoms with van der Waals surface area (Å²) in [5, 5.41) is 3.65. The summed E-state index contributed by atoms with van der Waals surface area (Å²) < 4.78 is 26.5. The van der Waals surface area contributed by atoms with Gasteiger partial charge in [0.1, 0.15) is 0 Å². The van der Waals surface area contributed by atoms with Gasteiger partial charge in [0.05, 0.1) is 5.75 Å². The smallest absolute Gasteiger partial charge is 0.216 e. The number of hydrogen-bond acceptors (Lipinski definition) is 3. The van der Waals surface area contributed by atoms with E-state index in [4.69, 9.17) is 0 Å². The molecule has 2 atom stereocenters. The summed E-state index contributed by atoms with van der Waals surface area (Å²) in [5.74, 6) is 0.786. The molecule has 0 amide bonds. The van der Waals surface area contributed by atoms with Gasteiger partial charge in [0, 0.05) is 18.6 Å². The zero-order chi connectivity index (χ0) is 16.9. The molecule has 1 aromatic rings. The first-order valence-electron chi connectivity index (χ1n) is 8.67. The Bertz CT molecular complexity index is 582. The van der Waals surface area contributed by atoms with Gasteiger partial charge in [-0.3, -0.25) is 0 Å². The van der Waals surface area contributed by atoms with E-state index in [-0.39, 0.29) is 11.8 Å². The molecule has 0 aromatic heterocycles. The van der Waals surface area contributed by atoms with Gasteiger partial charge in [-0.1, -0.05) is 44.0 Å². The van der Waals surface area contributed by atoms with E-state index >= 15 is 0 Å². The monoisotopic (exact) mass is 338 g/mol. The average molecular weight is 339 g/mol. The summed E-state index contributed by atoms with van der Waals surface area (Å²) in [6.07, 6.45) is 5.25. The molecule has 0 saturated heterocycles. The van der Waals surface area contributed by atoms with Crippen LogP contribution in [0.25, 0.3) is 0 Å². The highest BCUT2D eigenvalue weighted by Crippen LogP contribution is 2.24. The van der Waals surface area contributed by atoms with Crippen LogP contribution in [0.4, 0.5) is 0 Å². The topological polar surface area (TPSA) is 58.2 Å². The van der Waals surface area contributed by atoms with Crippen molar-refractivity contribution in [2.45, 2.75) is 70.8 Å². The molecule has 23 heavy (non-hydrogen) atoms. The molecule has 5 heteroatoms. The highest BCUT2D eigenvalue weighted by atomic mass is 32.2. The van der Waals surface area contributed by atoms with Crippen LogP contribution < -0.4 is 10.0 Å². The quantitative estimate of drug-likeness (QED) is 0.803. The van der Waals surface area contributed by atoms with Gasteiger partial charge in [-0.25, -0.2) is 13.1 Å². The Morgan fingerprint density at radius 3 is 2.30 bits per heavy atom. The van der Waals surface area contributed by atoms with E-state index in [2.05, 4.69) is 17.0 Å². The maximum atomic E-state index is 11.9. The first-order valence-corrected chi connectivity index (χ1v) is 10.3. The zero-order valence-electron chi connectivity index (χ0n) is 14.5. The van der Waals surface area contributed by atoms with Gasteiger partial charge in [-0.05, 0) is 43.7 Å². The number of rotatable bonds is 7. The molecular formula is C18H30N2O2S. The Morgan fingerprint density at radius 2 is 1.70 bits per heavy atom. The van der Waals surface area contributed by atoms with Gasteiger partial charge in [0.2, 0.25) is 10.0 Å². The van der Waals surface area contributed by atoms with Crippen LogP contribution in [0.1, 0.15) is 57.6 Å². The second-order valence-corrected chi connectivity index (χ2v) is 8.85. The predicted molar refractivity (Wildman–Crippen MR) is 95.6 cm³/mol. The second-order valence-electron chi connectivity index (χ2n) is 7.10. The van der Waals surface area contributed by atoms with Gasteiger partial charge in [-0.2, -0.15) is 0 Å². The molecule has 0 bridgehead atoms. The SMILES string of the molecule is CC(C)NS(=O)(=O)Cc1ccc(CNC2CCCCC2C)cc1. The van der Waals surface area contributed by atoms with Crippen molar-refractivity contribution >= 4 is 10.0 Å². The van der Waals surface area contributed by atoms with Gasteiger partial charge in [0.15, 0.2) is 0 Å². The molecule has 1 aliphatic rings. The minimum Gasteiger partial charge on any atom is -0.310 e. The minimum atomic E-state index is -3.25. The van der Waals surface area contributed by atoms with Crippen molar-refractivity contribution in [2.24, 2.45) is 5.92 Å². The fourth-order valence-electron chi connectivity index (χ4n) is 3.24. The van der Waals surface area contributed by atoms with Crippen molar-refractivity contribution < 1.29 is 8.42 Å². The lowest BCUT2D eigenvalue weighted by Crippen LogP contribution is -2.36. The molecule has 1 aromatic carbocycles. The maximum Gasteiger partial charge on any atom is 0.216 e. The van der Waals surface area contributed by atoms with Crippen LogP contribution in [0.2, 0.25) is 0 Å². The van der Waals surface area contributed by atoms with Crippen molar-refractivity contribution in [3.63, 3.8) is 0 Å². The summed E-state index contributed by atoms with van der Waals surface area (Å²) in [6.45, 7) is 6.84. The van der Waals surface area contributed by atoms with Gasteiger partial charge >= 0.3 is 0 Å². The first kappa shape index (κ1) is 18.4. The van der Waals surface area contributed by atoms with Crippen LogP contribution in [0, 0.1) is 5.92 Å². The maximum absolute atomic E-state index is 11.9. The Morgan fingerprint density at radius 1 is 1.09 bits per heavy atom. The van der Waals surface area contributed by atoms with Crippen molar-refractivity contribution in [2.75, 3.05) is 0 Å². The molecule has 0 radical (unpaired) electrons. The van der Waals surface area contributed by atoms with Crippen LogP contribution in [0.3, 0.4) is 0 Å². The van der Waals surface area contributed by atoms with Crippen LogP contribution in [0.5, 0.6) is 0 Å². The van der Waals surface area contributed by atoms with E-state index in [1.807, 2.05) is 38.1 Å². The third-order valence-electron chi connectivity index (χ3n) is 4.47. The molecule has 130 valence electrons. The van der Waals surface area contributed by atoms with E-state index in [0.717, 1.165) is 18.0 Å². The van der Waals surface area contributed by atoms with Crippen molar-refractivity contribution in [3.05, 3.63) is 35.4 Å². The number of hydrogen-bond donors (Lipinski definition) is 2. The summed E-state index contributed by atoms with van der Waals surface area (Å²) >= 11 is 0. The van der Waals surface area contributed by atoms with Crippen molar-refractivity contribution in [1.82, 2.24) is 10.0 Å². The van der Waals surface area contributed by atoms with Crippen molar-refractivity contribution in [1.29, 1.82) is 0 Å². The largest absolute Gasteiger partial charge is 0.310 e. The summed E-state index contributed by atoms with van der Waals surface area (Å²) in [4.78, 5) is 0. The van der Waals surface area contributed by atoms with E-state index in [0.29, 0.717) is 6.04 Å². The number of benzene rings is 1. The first-order chi connectivity index (χ1) is 10.9. The number of sulfonamides is 1. The summed E-state index contributed by atoms with van der Waals surface area (Å²) in [6, 6.07) is 8.43. The molecule has 2 unspecified atom stereocenters.